The molecule has 1 rings (SSSR count). The lowest BCUT2D eigenvalue weighted by atomic mass is 10.2. The molecule has 0 aromatic heterocycles. The van der Waals surface area contributed by atoms with Gasteiger partial charge in [0.1, 0.15) is 5.82 Å². The summed E-state index contributed by atoms with van der Waals surface area (Å²) in [4.78, 5) is 0. The number of rotatable bonds is 2. The maximum absolute atomic E-state index is 12.4. The molecule has 4 N–H and O–H groups in total. The summed E-state index contributed by atoms with van der Waals surface area (Å²) in [5.41, 5.74) is 7.96. The number of benzene rings is 1. The second-order valence-electron chi connectivity index (χ2n) is 2.34. The van der Waals surface area contributed by atoms with Gasteiger partial charge in [-0.2, -0.15) is 5.10 Å². The number of hydrazone groups is 1. The molecule has 0 aliphatic heterocycles. The van der Waals surface area contributed by atoms with E-state index in [9.17, 15) is 4.39 Å². The topological polar surface area (TPSA) is 74.3 Å². The summed E-state index contributed by atoms with van der Waals surface area (Å²) < 4.78 is 12.4. The number of hydrogen-bond acceptors (Lipinski definition) is 2. The molecule has 1 aromatic rings. The van der Waals surface area contributed by atoms with Crippen molar-refractivity contribution in [1.29, 1.82) is 5.41 Å². The molecule has 6 heteroatoms. The normalized spacial score (nSPS) is 9.50. The van der Waals surface area contributed by atoms with Gasteiger partial charge < -0.3 is 5.73 Å². The smallest absolute Gasteiger partial charge is 0.206 e. The van der Waals surface area contributed by atoms with Gasteiger partial charge in [-0.15, -0.1) is 12.4 Å². The van der Waals surface area contributed by atoms with Crippen molar-refractivity contribution >= 4 is 24.6 Å². The molecule has 0 unspecified atom stereocenters. The Balaban J connectivity index is 0.00000169. The molecular weight excluding hydrogens is 207 g/mol. The molecule has 1 aromatic carbocycles. The Bertz CT molecular complexity index is 323. The highest BCUT2D eigenvalue weighted by atomic mass is 35.5. The summed E-state index contributed by atoms with van der Waals surface area (Å²) in [6.07, 6.45) is 1.45. The number of guanidine groups is 1. The van der Waals surface area contributed by atoms with Crippen LogP contribution >= 0.6 is 12.4 Å². The Labute approximate surface area is 86.9 Å². The fourth-order valence-electron chi connectivity index (χ4n) is 0.725. The molecule has 0 radical (unpaired) electrons. The van der Waals surface area contributed by atoms with E-state index >= 15 is 0 Å². The van der Waals surface area contributed by atoms with E-state index in [1.807, 2.05) is 0 Å². The Hall–Kier alpha value is -1.62. The molecule has 0 heterocycles. The molecule has 0 spiro atoms. The molecule has 0 bridgehead atoms. The standard InChI is InChI=1S/C8H9FN4.ClH/c9-7-3-1-6(2-4-7)5-12-13-8(10)11;/h1-5H,(H4,10,11,13);1H. The number of nitrogens with two attached hydrogens (primary N) is 1. The van der Waals surface area contributed by atoms with Gasteiger partial charge in [0.15, 0.2) is 0 Å². The van der Waals surface area contributed by atoms with Gasteiger partial charge in [-0.3, -0.25) is 5.41 Å². The van der Waals surface area contributed by atoms with Crippen LogP contribution in [-0.4, -0.2) is 12.2 Å². The molecule has 0 aliphatic carbocycles. The van der Waals surface area contributed by atoms with Gasteiger partial charge in [0.2, 0.25) is 5.96 Å². The zero-order valence-corrected chi connectivity index (χ0v) is 8.01. The number of nitrogens with one attached hydrogen (secondary N) is 2. The first-order chi connectivity index (χ1) is 6.18. The van der Waals surface area contributed by atoms with Gasteiger partial charge in [0.25, 0.3) is 0 Å². The fraction of sp³-hybridized carbons (Fsp3) is 0. The molecule has 0 saturated carbocycles. The fourth-order valence-corrected chi connectivity index (χ4v) is 0.725. The molecule has 0 fully saturated rings. The van der Waals surface area contributed by atoms with Crippen LogP contribution < -0.4 is 11.2 Å². The predicted molar refractivity (Wildman–Crippen MR) is 56.3 cm³/mol. The van der Waals surface area contributed by atoms with E-state index in [0.717, 1.165) is 5.56 Å². The van der Waals surface area contributed by atoms with Crippen molar-refractivity contribution in [3.63, 3.8) is 0 Å². The third kappa shape index (κ3) is 4.42. The Morgan fingerprint density at radius 1 is 1.43 bits per heavy atom. The van der Waals surface area contributed by atoms with Crippen molar-refractivity contribution in [1.82, 2.24) is 5.43 Å². The van der Waals surface area contributed by atoms with E-state index in [2.05, 4.69) is 10.5 Å². The highest BCUT2D eigenvalue weighted by Crippen LogP contribution is 1.99. The lowest BCUT2D eigenvalue weighted by Gasteiger charge is -1.94. The SMILES string of the molecule is Cl.N=C(N)NN=Cc1ccc(F)cc1. The van der Waals surface area contributed by atoms with Crippen molar-refractivity contribution in [3.05, 3.63) is 35.6 Å². The first kappa shape index (κ1) is 12.4. The number of halogens is 2. The summed E-state index contributed by atoms with van der Waals surface area (Å²) in [5.74, 6) is -0.532. The minimum atomic E-state index is -0.295. The van der Waals surface area contributed by atoms with Crippen LogP contribution in [0.4, 0.5) is 4.39 Å². The van der Waals surface area contributed by atoms with Crippen LogP contribution in [0.1, 0.15) is 5.56 Å². The minimum Gasteiger partial charge on any atom is -0.369 e. The zero-order valence-electron chi connectivity index (χ0n) is 7.20. The maximum atomic E-state index is 12.4. The summed E-state index contributed by atoms with van der Waals surface area (Å²) in [7, 11) is 0. The Morgan fingerprint density at radius 2 is 2.00 bits per heavy atom. The molecule has 76 valence electrons. The lowest BCUT2D eigenvalue weighted by Crippen LogP contribution is -2.25. The van der Waals surface area contributed by atoms with E-state index in [1.54, 1.807) is 12.1 Å². The molecule has 0 atom stereocenters. The van der Waals surface area contributed by atoms with Crippen LogP contribution in [0.5, 0.6) is 0 Å². The van der Waals surface area contributed by atoms with Gasteiger partial charge in [-0.1, -0.05) is 12.1 Å². The Kier molecular flexibility index (Phi) is 5.24. The molecule has 4 nitrogen and oxygen atoms in total. The maximum Gasteiger partial charge on any atom is 0.206 e. The highest BCUT2D eigenvalue weighted by Gasteiger charge is 1.88. The van der Waals surface area contributed by atoms with Gasteiger partial charge in [0.05, 0.1) is 6.21 Å². The summed E-state index contributed by atoms with van der Waals surface area (Å²) in [5, 5.41) is 10.4. The Morgan fingerprint density at radius 3 is 2.50 bits per heavy atom. The largest absolute Gasteiger partial charge is 0.369 e. The molecule has 0 saturated heterocycles. The average molecular weight is 217 g/mol. The van der Waals surface area contributed by atoms with E-state index in [1.165, 1.54) is 18.3 Å². The first-order valence-electron chi connectivity index (χ1n) is 3.57. The third-order valence-corrected chi connectivity index (χ3v) is 1.27. The minimum absolute atomic E-state index is 0. The number of nitrogens with zero attached hydrogens (tertiary/aromatic N) is 1. The second kappa shape index (κ2) is 5.93. The van der Waals surface area contributed by atoms with Crippen LogP contribution in [0.25, 0.3) is 0 Å². The van der Waals surface area contributed by atoms with Crippen molar-refractivity contribution < 1.29 is 4.39 Å². The first-order valence-corrected chi connectivity index (χ1v) is 3.57. The van der Waals surface area contributed by atoms with Gasteiger partial charge in [0, 0.05) is 0 Å². The monoisotopic (exact) mass is 216 g/mol. The molecular formula is C8H10ClFN4. The zero-order chi connectivity index (χ0) is 9.68. The summed E-state index contributed by atoms with van der Waals surface area (Å²) >= 11 is 0. The lowest BCUT2D eigenvalue weighted by molar-refractivity contribution is 0.628. The van der Waals surface area contributed by atoms with Crippen LogP contribution in [0, 0.1) is 11.2 Å². The van der Waals surface area contributed by atoms with Gasteiger partial charge >= 0.3 is 0 Å². The van der Waals surface area contributed by atoms with Crippen LogP contribution in [0.2, 0.25) is 0 Å². The number of hydrogen-bond donors (Lipinski definition) is 3. The van der Waals surface area contributed by atoms with E-state index < -0.39 is 0 Å². The quantitative estimate of drug-likeness (QED) is 0.393. The molecule has 0 amide bonds. The van der Waals surface area contributed by atoms with Gasteiger partial charge in [-0.25, -0.2) is 9.82 Å². The van der Waals surface area contributed by atoms with Crippen molar-refractivity contribution in [2.24, 2.45) is 10.8 Å². The summed E-state index contributed by atoms with van der Waals surface area (Å²) in [6, 6.07) is 5.80. The van der Waals surface area contributed by atoms with Crippen molar-refractivity contribution in [3.8, 4) is 0 Å². The highest BCUT2D eigenvalue weighted by molar-refractivity contribution is 5.85. The van der Waals surface area contributed by atoms with E-state index in [0.29, 0.717) is 0 Å². The van der Waals surface area contributed by atoms with Crippen LogP contribution in [-0.2, 0) is 0 Å². The van der Waals surface area contributed by atoms with Crippen molar-refractivity contribution in [2.45, 2.75) is 0 Å². The van der Waals surface area contributed by atoms with Gasteiger partial charge in [-0.05, 0) is 17.7 Å². The average Bonchev–Trinajstić information content (AvgIpc) is 2.08. The summed E-state index contributed by atoms with van der Waals surface area (Å²) in [6.45, 7) is 0. The van der Waals surface area contributed by atoms with E-state index in [-0.39, 0.29) is 24.2 Å². The van der Waals surface area contributed by atoms with Crippen LogP contribution in [0.15, 0.2) is 29.4 Å². The van der Waals surface area contributed by atoms with Crippen LogP contribution in [0.3, 0.4) is 0 Å². The van der Waals surface area contributed by atoms with E-state index in [4.69, 9.17) is 11.1 Å². The third-order valence-electron chi connectivity index (χ3n) is 1.27. The predicted octanol–water partition coefficient (Wildman–Crippen LogP) is 1.06. The van der Waals surface area contributed by atoms with Crippen molar-refractivity contribution in [2.75, 3.05) is 0 Å². The molecule has 0 aliphatic rings. The second-order valence-corrected chi connectivity index (χ2v) is 2.34. The molecule has 14 heavy (non-hydrogen) atoms.